The number of hydrogen-bond acceptors (Lipinski definition) is 5. The number of carbonyl (C=O) groups is 1. The smallest absolute Gasteiger partial charge is 0.280 e. The number of benzene rings is 1. The van der Waals surface area contributed by atoms with Crippen molar-refractivity contribution in [3.8, 4) is 0 Å². The van der Waals surface area contributed by atoms with Gasteiger partial charge in [0.1, 0.15) is 6.04 Å². The highest BCUT2D eigenvalue weighted by Gasteiger charge is 2.41. The first-order valence-electron chi connectivity index (χ1n) is 8.93. The third-order valence-electron chi connectivity index (χ3n) is 4.96. The van der Waals surface area contributed by atoms with Gasteiger partial charge in [-0.1, -0.05) is 12.1 Å². The van der Waals surface area contributed by atoms with Crippen LogP contribution in [-0.2, 0) is 22.1 Å². The average Bonchev–Trinajstić information content (AvgIpc) is 2.95. The zero-order valence-corrected chi connectivity index (χ0v) is 17.1. The van der Waals surface area contributed by atoms with E-state index in [1.165, 1.54) is 7.05 Å². The molecule has 1 aliphatic heterocycles. The summed E-state index contributed by atoms with van der Waals surface area (Å²) in [6.07, 6.45) is 1.44. The maximum absolute atomic E-state index is 12.8. The number of aryl methyl sites for hydroxylation is 2. The lowest BCUT2D eigenvalue weighted by atomic mass is 10.00. The molecule has 1 aromatic heterocycles. The van der Waals surface area contributed by atoms with Gasteiger partial charge in [-0.05, 0) is 38.0 Å². The first-order valence-corrected chi connectivity index (χ1v) is 10.4. The molecule has 1 fully saturated rings. The Balaban J connectivity index is 1.82. The number of anilines is 1. The minimum absolute atomic E-state index is 0.278. The average molecular weight is 407 g/mol. The number of aromatic nitrogens is 2. The van der Waals surface area contributed by atoms with Crippen molar-refractivity contribution in [2.45, 2.75) is 38.5 Å². The van der Waals surface area contributed by atoms with E-state index in [-0.39, 0.29) is 6.42 Å². The molecule has 3 rings (SSSR count). The lowest BCUT2D eigenvalue weighted by Crippen LogP contribution is -2.56. The Hall–Kier alpha value is -2.27. The largest absolute Gasteiger partial charge is 0.389 e. The van der Waals surface area contributed by atoms with E-state index >= 15 is 0 Å². The van der Waals surface area contributed by atoms with Gasteiger partial charge in [-0.25, -0.2) is 0 Å². The van der Waals surface area contributed by atoms with E-state index in [1.807, 2.05) is 0 Å². The Labute approximate surface area is 164 Å². The van der Waals surface area contributed by atoms with E-state index in [4.69, 9.17) is 0 Å². The zero-order chi connectivity index (χ0) is 20.6. The molecule has 1 amide bonds. The van der Waals surface area contributed by atoms with E-state index < -0.39 is 34.3 Å². The molecule has 0 saturated carbocycles. The Kier molecular flexibility index (Phi) is 5.57. The number of aliphatic hydroxyl groups is 1. The molecule has 9 nitrogen and oxygen atoms in total. The third kappa shape index (κ3) is 4.09. The quantitative estimate of drug-likeness (QED) is 0.699. The lowest BCUT2D eigenvalue weighted by Gasteiger charge is -2.36. The molecule has 152 valence electrons. The molecule has 0 unspecified atom stereocenters. The van der Waals surface area contributed by atoms with Gasteiger partial charge in [0.05, 0.1) is 17.8 Å². The summed E-state index contributed by atoms with van der Waals surface area (Å²) in [5.41, 5.74) is 2.73. The SMILES string of the molecule is Cc1nn(C)cc1[C@@H]1C[C@@H](C(=O)Nc2ccc([C@H](C)O)cc2)N(C)S(=O)(=O)N1. The van der Waals surface area contributed by atoms with Crippen LogP contribution in [0.1, 0.15) is 42.3 Å². The Morgan fingerprint density at radius 2 is 1.96 bits per heavy atom. The molecule has 3 N–H and O–H groups in total. The topological polar surface area (TPSA) is 117 Å². The Bertz CT molecular complexity index is 968. The number of carbonyl (C=O) groups excluding carboxylic acids is 1. The van der Waals surface area contributed by atoms with Crippen LogP contribution in [0.5, 0.6) is 0 Å². The molecule has 1 aliphatic rings. The first kappa shape index (κ1) is 20.5. The fourth-order valence-electron chi connectivity index (χ4n) is 3.34. The first-order chi connectivity index (χ1) is 13.1. The predicted octanol–water partition coefficient (Wildman–Crippen LogP) is 1.00. The molecule has 10 heteroatoms. The van der Waals surface area contributed by atoms with Crippen LogP contribution in [0.4, 0.5) is 5.69 Å². The normalized spacial score (nSPS) is 23.3. The molecule has 1 saturated heterocycles. The molecule has 28 heavy (non-hydrogen) atoms. The Morgan fingerprint density at radius 3 is 2.50 bits per heavy atom. The van der Waals surface area contributed by atoms with Gasteiger partial charge >= 0.3 is 0 Å². The minimum Gasteiger partial charge on any atom is -0.389 e. The molecule has 2 heterocycles. The fourth-order valence-corrected chi connectivity index (χ4v) is 4.61. The maximum Gasteiger partial charge on any atom is 0.280 e. The number of aliphatic hydroxyl groups excluding tert-OH is 1. The highest BCUT2D eigenvalue weighted by molar-refractivity contribution is 7.87. The highest BCUT2D eigenvalue weighted by Crippen LogP contribution is 2.30. The van der Waals surface area contributed by atoms with Crippen molar-refractivity contribution in [1.29, 1.82) is 0 Å². The molecule has 2 aromatic rings. The molecule has 0 aliphatic carbocycles. The van der Waals surface area contributed by atoms with Gasteiger partial charge < -0.3 is 10.4 Å². The molecule has 0 radical (unpaired) electrons. The molecule has 0 spiro atoms. The highest BCUT2D eigenvalue weighted by atomic mass is 32.2. The standard InChI is InChI=1S/C18H25N5O4S/c1-11-15(10-22(3)20-11)16-9-17(23(4)28(26,27)21-16)18(25)19-14-7-5-13(6-8-14)12(2)24/h5-8,10,12,16-17,21,24H,9H2,1-4H3,(H,19,25)/t12-,16-,17-/m0/s1. The number of nitrogens with zero attached hydrogens (tertiary/aromatic N) is 3. The molecular formula is C18H25N5O4S. The summed E-state index contributed by atoms with van der Waals surface area (Å²) in [5, 5.41) is 16.6. The second kappa shape index (κ2) is 7.63. The molecule has 3 atom stereocenters. The van der Waals surface area contributed by atoms with Crippen LogP contribution in [0.3, 0.4) is 0 Å². The molecule has 1 aromatic carbocycles. The van der Waals surface area contributed by atoms with Gasteiger partial charge in [-0.15, -0.1) is 0 Å². The summed E-state index contributed by atoms with van der Waals surface area (Å²) < 4.78 is 30.4. The van der Waals surface area contributed by atoms with E-state index in [2.05, 4.69) is 15.1 Å². The van der Waals surface area contributed by atoms with Crippen LogP contribution >= 0.6 is 0 Å². The van der Waals surface area contributed by atoms with Gasteiger partial charge in [0.2, 0.25) is 5.91 Å². The van der Waals surface area contributed by atoms with Crippen LogP contribution in [0.25, 0.3) is 0 Å². The summed E-state index contributed by atoms with van der Waals surface area (Å²) in [6.45, 7) is 3.46. The maximum atomic E-state index is 12.8. The number of rotatable bonds is 4. The number of likely N-dealkylation sites (N-methyl/N-ethyl adjacent to an activating group) is 1. The second-order valence-electron chi connectivity index (χ2n) is 7.07. The predicted molar refractivity (Wildman–Crippen MR) is 105 cm³/mol. The zero-order valence-electron chi connectivity index (χ0n) is 16.2. The monoisotopic (exact) mass is 407 g/mol. The summed E-state index contributed by atoms with van der Waals surface area (Å²) >= 11 is 0. The van der Waals surface area contributed by atoms with Gasteiger partial charge in [0.25, 0.3) is 10.2 Å². The van der Waals surface area contributed by atoms with Crippen molar-refractivity contribution >= 4 is 21.8 Å². The van der Waals surface area contributed by atoms with Crippen LogP contribution in [0.2, 0.25) is 0 Å². The van der Waals surface area contributed by atoms with E-state index in [1.54, 1.807) is 56.0 Å². The van der Waals surface area contributed by atoms with Gasteiger partial charge in [-0.2, -0.15) is 22.5 Å². The van der Waals surface area contributed by atoms with Crippen molar-refractivity contribution in [3.63, 3.8) is 0 Å². The molecule has 0 bridgehead atoms. The van der Waals surface area contributed by atoms with E-state index in [0.717, 1.165) is 15.4 Å². The van der Waals surface area contributed by atoms with Gasteiger partial charge in [0, 0.05) is 31.5 Å². The number of nitrogens with one attached hydrogen (secondary N) is 2. The summed E-state index contributed by atoms with van der Waals surface area (Å²) in [6, 6.07) is 5.38. The van der Waals surface area contributed by atoms with E-state index in [9.17, 15) is 18.3 Å². The van der Waals surface area contributed by atoms with Crippen molar-refractivity contribution in [2.75, 3.05) is 12.4 Å². The number of hydrogen-bond donors (Lipinski definition) is 3. The van der Waals surface area contributed by atoms with Crippen molar-refractivity contribution in [1.82, 2.24) is 18.8 Å². The minimum atomic E-state index is -3.82. The van der Waals surface area contributed by atoms with E-state index in [0.29, 0.717) is 11.4 Å². The van der Waals surface area contributed by atoms with Crippen LogP contribution in [0.15, 0.2) is 30.5 Å². The van der Waals surface area contributed by atoms with Crippen LogP contribution in [-0.4, -0.2) is 46.6 Å². The summed E-state index contributed by atoms with van der Waals surface area (Å²) in [4.78, 5) is 12.8. The van der Waals surface area contributed by atoms with Crippen molar-refractivity contribution in [2.24, 2.45) is 7.05 Å². The summed E-state index contributed by atoms with van der Waals surface area (Å²) in [7, 11) is -0.669. The molecular weight excluding hydrogens is 382 g/mol. The van der Waals surface area contributed by atoms with Gasteiger partial charge in [-0.3, -0.25) is 9.48 Å². The second-order valence-corrected chi connectivity index (χ2v) is 8.84. The van der Waals surface area contributed by atoms with Crippen molar-refractivity contribution in [3.05, 3.63) is 47.3 Å². The van der Waals surface area contributed by atoms with Gasteiger partial charge in [0.15, 0.2) is 0 Å². The summed E-state index contributed by atoms with van der Waals surface area (Å²) in [5.74, 6) is -0.413. The fraction of sp³-hybridized carbons (Fsp3) is 0.444. The van der Waals surface area contributed by atoms with Crippen LogP contribution < -0.4 is 10.0 Å². The third-order valence-corrected chi connectivity index (χ3v) is 6.55. The van der Waals surface area contributed by atoms with Crippen LogP contribution in [0, 0.1) is 6.92 Å². The number of amides is 1. The lowest BCUT2D eigenvalue weighted by molar-refractivity contribution is -0.120. The van der Waals surface area contributed by atoms with Crippen molar-refractivity contribution < 1.29 is 18.3 Å². The Morgan fingerprint density at radius 1 is 1.32 bits per heavy atom.